The van der Waals surface area contributed by atoms with E-state index in [-0.39, 0.29) is 5.92 Å². The maximum absolute atomic E-state index is 11.7. The fraction of sp³-hybridized carbons (Fsp3) is 0.917. The number of piperazine rings is 1. The molecular formula is C12H23N3O. The molecule has 1 amide bonds. The number of likely N-dealkylation sites (tertiary alicyclic amines) is 1. The van der Waals surface area contributed by atoms with Gasteiger partial charge in [-0.25, -0.2) is 0 Å². The zero-order valence-corrected chi connectivity index (χ0v) is 10.2. The molecule has 4 heteroatoms. The first-order valence-corrected chi connectivity index (χ1v) is 6.49. The molecule has 0 aliphatic carbocycles. The lowest BCUT2D eigenvalue weighted by Crippen LogP contribution is -2.44. The van der Waals surface area contributed by atoms with Crippen LogP contribution < -0.4 is 5.32 Å². The monoisotopic (exact) mass is 225 g/mol. The zero-order valence-electron chi connectivity index (χ0n) is 10.2. The molecule has 2 rings (SSSR count). The Morgan fingerprint density at radius 2 is 2.00 bits per heavy atom. The first-order valence-electron chi connectivity index (χ1n) is 6.49. The van der Waals surface area contributed by atoms with Gasteiger partial charge in [0.05, 0.1) is 0 Å². The molecule has 2 heterocycles. The number of hydrogen-bond acceptors (Lipinski definition) is 3. The Morgan fingerprint density at radius 3 is 2.62 bits per heavy atom. The summed E-state index contributed by atoms with van der Waals surface area (Å²) in [5, 5.41) is 3.35. The molecule has 1 N–H and O–H groups in total. The van der Waals surface area contributed by atoms with E-state index in [2.05, 4.69) is 10.2 Å². The summed E-state index contributed by atoms with van der Waals surface area (Å²) in [5.74, 6) is 0.625. The Bertz CT molecular complexity index is 238. The molecule has 0 aromatic rings. The lowest BCUT2D eigenvalue weighted by Gasteiger charge is -2.27. The summed E-state index contributed by atoms with van der Waals surface area (Å²) >= 11 is 0. The van der Waals surface area contributed by atoms with Crippen LogP contribution in [-0.4, -0.2) is 61.5 Å². The van der Waals surface area contributed by atoms with Gasteiger partial charge in [-0.05, 0) is 19.4 Å². The standard InChI is InChI=1S/C12H23N3O/c1-11-3-8-15(12(11)16)7-2-6-14-9-4-13-5-10-14/h11,13H,2-10H2,1H3. The third-order valence-corrected chi connectivity index (χ3v) is 3.68. The van der Waals surface area contributed by atoms with Crippen molar-refractivity contribution in [1.82, 2.24) is 15.1 Å². The Balaban J connectivity index is 1.62. The number of carbonyl (C=O) groups excluding carboxylic acids is 1. The molecule has 1 unspecified atom stereocenters. The number of nitrogens with one attached hydrogen (secondary N) is 1. The molecule has 1 atom stereocenters. The predicted octanol–water partition coefficient (Wildman–Crippen LogP) is 0.150. The fourth-order valence-corrected chi connectivity index (χ4v) is 2.54. The summed E-state index contributed by atoms with van der Waals surface area (Å²) in [4.78, 5) is 16.2. The smallest absolute Gasteiger partial charge is 0.225 e. The van der Waals surface area contributed by atoms with Gasteiger partial charge >= 0.3 is 0 Å². The van der Waals surface area contributed by atoms with Crippen LogP contribution in [0.4, 0.5) is 0 Å². The van der Waals surface area contributed by atoms with Crippen molar-refractivity contribution >= 4 is 5.91 Å². The topological polar surface area (TPSA) is 35.6 Å². The van der Waals surface area contributed by atoms with Crippen LogP contribution in [0.2, 0.25) is 0 Å². The maximum atomic E-state index is 11.7. The molecule has 0 aromatic carbocycles. The van der Waals surface area contributed by atoms with Gasteiger partial charge in [0.1, 0.15) is 0 Å². The van der Waals surface area contributed by atoms with E-state index in [9.17, 15) is 4.79 Å². The lowest BCUT2D eigenvalue weighted by molar-refractivity contribution is -0.130. The van der Waals surface area contributed by atoms with Crippen LogP contribution >= 0.6 is 0 Å². The molecule has 2 aliphatic heterocycles. The second kappa shape index (κ2) is 5.64. The summed E-state index contributed by atoms with van der Waals surface area (Å²) in [6.45, 7) is 9.64. The molecule has 4 nitrogen and oxygen atoms in total. The van der Waals surface area contributed by atoms with Crippen molar-refractivity contribution in [2.45, 2.75) is 19.8 Å². The Hall–Kier alpha value is -0.610. The van der Waals surface area contributed by atoms with Crippen LogP contribution in [0, 0.1) is 5.92 Å². The summed E-state index contributed by atoms with van der Waals surface area (Å²) in [6.07, 6.45) is 2.17. The molecule has 0 saturated carbocycles. The van der Waals surface area contributed by atoms with Crippen molar-refractivity contribution in [3.05, 3.63) is 0 Å². The maximum Gasteiger partial charge on any atom is 0.225 e. The van der Waals surface area contributed by atoms with E-state index in [0.717, 1.165) is 58.7 Å². The van der Waals surface area contributed by atoms with Crippen molar-refractivity contribution in [1.29, 1.82) is 0 Å². The minimum Gasteiger partial charge on any atom is -0.342 e. The van der Waals surface area contributed by atoms with Crippen LogP contribution in [0.5, 0.6) is 0 Å². The number of nitrogens with zero attached hydrogens (tertiary/aromatic N) is 2. The second-order valence-corrected chi connectivity index (χ2v) is 4.96. The predicted molar refractivity (Wildman–Crippen MR) is 64.3 cm³/mol. The molecule has 0 bridgehead atoms. The fourth-order valence-electron chi connectivity index (χ4n) is 2.54. The van der Waals surface area contributed by atoms with Gasteiger partial charge in [-0.1, -0.05) is 6.92 Å². The summed E-state index contributed by atoms with van der Waals surface area (Å²) in [7, 11) is 0. The molecule has 0 aromatic heterocycles. The first kappa shape index (κ1) is 11.9. The van der Waals surface area contributed by atoms with E-state index in [4.69, 9.17) is 0 Å². The average molecular weight is 225 g/mol. The molecule has 0 radical (unpaired) electrons. The van der Waals surface area contributed by atoms with Crippen molar-refractivity contribution in [2.75, 3.05) is 45.8 Å². The van der Waals surface area contributed by atoms with E-state index >= 15 is 0 Å². The second-order valence-electron chi connectivity index (χ2n) is 4.96. The van der Waals surface area contributed by atoms with Gasteiger partial charge in [-0.3, -0.25) is 4.79 Å². The highest BCUT2D eigenvalue weighted by atomic mass is 16.2. The van der Waals surface area contributed by atoms with E-state index < -0.39 is 0 Å². The van der Waals surface area contributed by atoms with Crippen LogP contribution in [0.1, 0.15) is 19.8 Å². The lowest BCUT2D eigenvalue weighted by atomic mass is 10.1. The van der Waals surface area contributed by atoms with Crippen molar-refractivity contribution in [3.8, 4) is 0 Å². The average Bonchev–Trinajstić information content (AvgIpc) is 2.62. The largest absolute Gasteiger partial charge is 0.342 e. The third kappa shape index (κ3) is 2.95. The zero-order chi connectivity index (χ0) is 11.4. The van der Waals surface area contributed by atoms with Crippen LogP contribution in [0.3, 0.4) is 0 Å². The van der Waals surface area contributed by atoms with Crippen LogP contribution in [-0.2, 0) is 4.79 Å². The minimum absolute atomic E-state index is 0.263. The normalized spacial score (nSPS) is 27.7. The van der Waals surface area contributed by atoms with Crippen LogP contribution in [0.15, 0.2) is 0 Å². The molecule has 16 heavy (non-hydrogen) atoms. The van der Waals surface area contributed by atoms with Gasteiger partial charge in [-0.2, -0.15) is 0 Å². The van der Waals surface area contributed by atoms with Crippen LogP contribution in [0.25, 0.3) is 0 Å². The van der Waals surface area contributed by atoms with Crippen molar-refractivity contribution in [3.63, 3.8) is 0 Å². The minimum atomic E-state index is 0.263. The molecule has 2 fully saturated rings. The quantitative estimate of drug-likeness (QED) is 0.740. The summed E-state index contributed by atoms with van der Waals surface area (Å²) < 4.78 is 0. The Morgan fingerprint density at radius 1 is 1.25 bits per heavy atom. The number of rotatable bonds is 4. The summed E-state index contributed by atoms with van der Waals surface area (Å²) in [5.41, 5.74) is 0. The van der Waals surface area contributed by atoms with E-state index in [0.29, 0.717) is 5.91 Å². The molecule has 92 valence electrons. The highest BCUT2D eigenvalue weighted by Gasteiger charge is 2.27. The van der Waals surface area contributed by atoms with E-state index in [1.54, 1.807) is 0 Å². The first-order chi connectivity index (χ1) is 7.77. The van der Waals surface area contributed by atoms with Gasteiger partial charge in [0.25, 0.3) is 0 Å². The van der Waals surface area contributed by atoms with Gasteiger partial charge < -0.3 is 15.1 Å². The molecule has 0 spiro atoms. The van der Waals surface area contributed by atoms with Crippen molar-refractivity contribution in [2.24, 2.45) is 5.92 Å². The third-order valence-electron chi connectivity index (χ3n) is 3.68. The Labute approximate surface area is 98.0 Å². The highest BCUT2D eigenvalue weighted by Crippen LogP contribution is 2.16. The number of hydrogen-bond donors (Lipinski definition) is 1. The number of amides is 1. The SMILES string of the molecule is CC1CCN(CCCN2CCNCC2)C1=O. The molecule has 2 saturated heterocycles. The Kier molecular flexibility index (Phi) is 4.18. The van der Waals surface area contributed by atoms with Gasteiger partial charge in [0, 0.05) is 45.2 Å². The molecule has 2 aliphatic rings. The van der Waals surface area contributed by atoms with Gasteiger partial charge in [0.2, 0.25) is 5.91 Å². The molecular weight excluding hydrogens is 202 g/mol. The van der Waals surface area contributed by atoms with E-state index in [1.165, 1.54) is 0 Å². The van der Waals surface area contributed by atoms with Crippen molar-refractivity contribution < 1.29 is 4.79 Å². The van der Waals surface area contributed by atoms with E-state index in [1.807, 2.05) is 11.8 Å². The van der Waals surface area contributed by atoms with Gasteiger partial charge in [0.15, 0.2) is 0 Å². The number of carbonyl (C=O) groups is 1. The van der Waals surface area contributed by atoms with Gasteiger partial charge in [-0.15, -0.1) is 0 Å². The summed E-state index contributed by atoms with van der Waals surface area (Å²) in [6, 6.07) is 0. The highest BCUT2D eigenvalue weighted by molar-refractivity contribution is 5.80.